The molecule has 0 atom stereocenters. The van der Waals surface area contributed by atoms with Crippen LogP contribution in [0.2, 0.25) is 0 Å². The van der Waals surface area contributed by atoms with E-state index in [2.05, 4.69) is 152 Å². The zero-order chi connectivity index (χ0) is 20.2. The van der Waals surface area contributed by atoms with Crippen molar-refractivity contribution in [1.29, 1.82) is 0 Å². The molecule has 0 saturated carbocycles. The van der Waals surface area contributed by atoms with Crippen LogP contribution in [0.15, 0.2) is 126 Å². The summed E-state index contributed by atoms with van der Waals surface area (Å²) in [6.45, 7) is 0. The molecular weight excluding hydrogens is 522 g/mol. The van der Waals surface area contributed by atoms with Gasteiger partial charge in [-0.1, -0.05) is 0 Å². The third-order valence-corrected chi connectivity index (χ3v) is 18.8. The second-order valence-electron chi connectivity index (χ2n) is 6.58. The molecule has 29 heavy (non-hydrogen) atoms. The summed E-state index contributed by atoms with van der Waals surface area (Å²) in [6, 6.07) is 42.6. The van der Waals surface area contributed by atoms with E-state index >= 15 is 0 Å². The summed E-state index contributed by atoms with van der Waals surface area (Å²) < 4.78 is 5.73. The molecule has 4 aromatic rings. The first-order chi connectivity index (χ1) is 14.1. The average molecular weight is 542 g/mol. The van der Waals surface area contributed by atoms with E-state index in [0.717, 1.165) is 0 Å². The van der Waals surface area contributed by atoms with E-state index in [9.17, 15) is 0 Å². The Kier molecular flexibility index (Phi) is 6.58. The van der Waals surface area contributed by atoms with Gasteiger partial charge in [0.05, 0.1) is 0 Å². The normalized spacial score (nSPS) is 11.8. The van der Waals surface area contributed by atoms with Crippen molar-refractivity contribution in [3.63, 3.8) is 0 Å². The maximum atomic E-state index is 5.73. The van der Waals surface area contributed by atoms with Crippen molar-refractivity contribution < 1.29 is 0 Å². The number of hydrogen-bond donors (Lipinski definition) is 0. The van der Waals surface area contributed by atoms with Crippen LogP contribution >= 0.6 is 11.4 Å². The second-order valence-corrected chi connectivity index (χ2v) is 18.3. The fourth-order valence-electron chi connectivity index (χ4n) is 3.20. The summed E-state index contributed by atoms with van der Waals surface area (Å²) in [4.78, 5) is 0. The second kappa shape index (κ2) is 9.16. The van der Waals surface area contributed by atoms with Gasteiger partial charge in [0.1, 0.15) is 0 Å². The molecule has 0 unspecified atom stereocenters. The third kappa shape index (κ3) is 4.38. The predicted octanol–water partition coefficient (Wildman–Crippen LogP) is 4.59. The van der Waals surface area contributed by atoms with Gasteiger partial charge >= 0.3 is 189 Å². The van der Waals surface area contributed by atoms with Crippen molar-refractivity contribution in [1.82, 2.24) is 0 Å². The minimum absolute atomic E-state index is 1.25. The van der Waals surface area contributed by atoms with E-state index in [4.69, 9.17) is 4.52 Å². The molecule has 0 bridgehead atoms. The molecule has 0 saturated heterocycles. The van der Waals surface area contributed by atoms with Crippen LogP contribution in [0.3, 0.4) is 0 Å². The summed E-state index contributed by atoms with van der Waals surface area (Å²) >= 11 is 7.14. The number of hydrogen-bond acceptors (Lipinski definition) is 1. The molecule has 0 spiro atoms. The van der Waals surface area contributed by atoms with E-state index in [0.29, 0.717) is 0 Å². The Morgan fingerprint density at radius 2 is 0.759 bits per heavy atom. The monoisotopic (exact) mass is 544 g/mol. The van der Waals surface area contributed by atoms with Gasteiger partial charge in [-0.2, -0.15) is 0 Å². The number of nitrogens with zero attached hydrogens (tertiary/aromatic N) is 1. The minimum atomic E-state index is -2.11. The van der Waals surface area contributed by atoms with Crippen LogP contribution in [0.4, 0.5) is 0 Å². The molecule has 0 N–H and O–H groups in total. The summed E-state index contributed by atoms with van der Waals surface area (Å²) in [5.74, 6) is -2.11. The van der Waals surface area contributed by atoms with Gasteiger partial charge in [-0.25, -0.2) is 0 Å². The van der Waals surface area contributed by atoms with Crippen LogP contribution < -0.4 is 21.2 Å². The van der Waals surface area contributed by atoms with Gasteiger partial charge in [-0.05, 0) is 0 Å². The van der Waals surface area contributed by atoms with Crippen molar-refractivity contribution in [2.75, 3.05) is 0 Å². The number of rotatable bonds is 5. The molecular formula is C24H20NP2Se2-. The molecule has 0 aliphatic rings. The quantitative estimate of drug-likeness (QED) is 0.259. The molecule has 0 amide bonds. The van der Waals surface area contributed by atoms with Crippen LogP contribution in [0.25, 0.3) is 0 Å². The molecule has 0 aliphatic heterocycles. The molecule has 4 aromatic carbocycles. The van der Waals surface area contributed by atoms with E-state index in [1.54, 1.807) is 0 Å². The van der Waals surface area contributed by atoms with Gasteiger partial charge < -0.3 is 0 Å². The van der Waals surface area contributed by atoms with Crippen LogP contribution in [-0.2, 0) is 0 Å². The van der Waals surface area contributed by atoms with Gasteiger partial charge in [0.15, 0.2) is 0 Å². The van der Waals surface area contributed by atoms with E-state index in [-0.39, 0.29) is 0 Å². The van der Waals surface area contributed by atoms with E-state index in [1.165, 1.54) is 21.2 Å². The van der Waals surface area contributed by atoms with Crippen LogP contribution in [0.1, 0.15) is 0 Å². The Bertz CT molecular complexity index is 1090. The zero-order valence-corrected chi connectivity index (χ0v) is 20.9. The third-order valence-electron chi connectivity index (χ3n) is 4.68. The summed E-state index contributed by atoms with van der Waals surface area (Å²) in [5.41, 5.74) is -2.11. The molecule has 1 nitrogen and oxygen atoms in total. The first-order valence-corrected chi connectivity index (χ1v) is 17.2. The van der Waals surface area contributed by atoms with Crippen molar-refractivity contribution in [2.24, 2.45) is 4.52 Å². The van der Waals surface area contributed by atoms with Crippen molar-refractivity contribution in [3.8, 4) is 0 Å². The molecule has 0 fully saturated rings. The Morgan fingerprint density at radius 1 is 0.483 bits per heavy atom. The van der Waals surface area contributed by atoms with Gasteiger partial charge in [-0.15, -0.1) is 0 Å². The molecule has 4 rings (SSSR count). The molecule has 0 radical (unpaired) electrons. The topological polar surface area (TPSA) is 12.4 Å². The van der Waals surface area contributed by atoms with Crippen molar-refractivity contribution >= 4 is 63.3 Å². The van der Waals surface area contributed by atoms with Crippen molar-refractivity contribution in [2.45, 2.75) is 0 Å². The first kappa shape index (κ1) is 20.8. The van der Waals surface area contributed by atoms with Gasteiger partial charge in [0, 0.05) is 0 Å². The Balaban J connectivity index is 2.06. The van der Waals surface area contributed by atoms with Crippen LogP contribution in [0.5, 0.6) is 0 Å². The Morgan fingerprint density at radius 3 is 1.07 bits per heavy atom. The predicted molar refractivity (Wildman–Crippen MR) is 132 cm³/mol. The fourth-order valence-corrected chi connectivity index (χ4v) is 18.5. The first-order valence-electron chi connectivity index (χ1n) is 9.30. The molecule has 0 aliphatic carbocycles. The van der Waals surface area contributed by atoms with Crippen molar-refractivity contribution in [3.05, 3.63) is 121 Å². The zero-order valence-electron chi connectivity index (χ0n) is 15.7. The number of benzene rings is 4. The van der Waals surface area contributed by atoms with Gasteiger partial charge in [0.2, 0.25) is 0 Å². The standard InChI is InChI=1S/C24H20NP2Se2/c28-26(21-13-5-1-6-14-21,22-15-7-2-8-16-22)25-27(29,23-17-9-3-10-18-23)24-19-11-4-12-20-24/h1-20H/q-1. The molecule has 144 valence electrons. The SMILES string of the molecule is [Se]=P(N=P([Se-])(c1ccccc1)c1ccccc1)(c1ccccc1)c1ccccc1. The summed E-state index contributed by atoms with van der Waals surface area (Å²) in [5, 5.41) is 4.99. The molecule has 0 aromatic heterocycles. The summed E-state index contributed by atoms with van der Waals surface area (Å²) in [7, 11) is 0. The van der Waals surface area contributed by atoms with Crippen LogP contribution in [-0.4, -0.2) is 30.7 Å². The fraction of sp³-hybridized carbons (Fsp3) is 0. The van der Waals surface area contributed by atoms with E-state index in [1.807, 2.05) is 0 Å². The Hall–Kier alpha value is -1.42. The molecule has 5 heteroatoms. The Labute approximate surface area is 188 Å². The summed E-state index contributed by atoms with van der Waals surface area (Å²) in [6.07, 6.45) is 0. The maximum absolute atomic E-state index is 5.73. The molecule has 0 heterocycles. The van der Waals surface area contributed by atoms with Gasteiger partial charge in [-0.3, -0.25) is 0 Å². The average Bonchev–Trinajstić information content (AvgIpc) is 2.81. The van der Waals surface area contributed by atoms with Crippen LogP contribution in [0, 0.1) is 0 Å². The van der Waals surface area contributed by atoms with Gasteiger partial charge in [0.25, 0.3) is 0 Å². The van der Waals surface area contributed by atoms with E-state index < -0.39 is 11.4 Å².